The minimum absolute atomic E-state index is 0.0136. The van der Waals surface area contributed by atoms with Crippen LogP contribution in [0.3, 0.4) is 0 Å². The number of anilines is 1. The number of rotatable bonds is 6. The number of sulfonamides is 1. The average Bonchev–Trinajstić information content (AvgIpc) is 2.89. The third-order valence-corrected chi connectivity index (χ3v) is 4.53. The first-order valence-electron chi connectivity index (χ1n) is 5.62. The van der Waals surface area contributed by atoms with Gasteiger partial charge >= 0.3 is 0 Å². The Balaban J connectivity index is 1.97. The van der Waals surface area contributed by atoms with Crippen molar-refractivity contribution >= 4 is 26.5 Å². The molecule has 0 saturated heterocycles. The second-order valence-electron chi connectivity index (χ2n) is 3.86. The van der Waals surface area contributed by atoms with Crippen molar-refractivity contribution in [3.8, 4) is 5.75 Å². The highest BCUT2D eigenvalue weighted by molar-refractivity contribution is 7.92. The monoisotopic (exact) mass is 298 g/mol. The molecule has 1 aromatic heterocycles. The fraction of sp³-hybridized carbons (Fsp3) is 0.250. The summed E-state index contributed by atoms with van der Waals surface area (Å²) in [5.74, 6) is 0.738. The summed E-state index contributed by atoms with van der Waals surface area (Å²) in [7, 11) is -1.78. The molecule has 0 fully saturated rings. The van der Waals surface area contributed by atoms with E-state index in [-0.39, 0.29) is 5.75 Å². The van der Waals surface area contributed by atoms with Gasteiger partial charge in [-0.25, -0.2) is 13.4 Å². The maximum absolute atomic E-state index is 11.9. The zero-order chi connectivity index (χ0) is 13.7. The molecule has 0 radical (unpaired) electrons. The van der Waals surface area contributed by atoms with Gasteiger partial charge in [-0.3, -0.25) is 4.72 Å². The number of thiazole rings is 1. The Morgan fingerprint density at radius 3 is 2.95 bits per heavy atom. The van der Waals surface area contributed by atoms with Gasteiger partial charge in [-0.05, 0) is 24.1 Å². The van der Waals surface area contributed by atoms with Gasteiger partial charge in [0, 0.05) is 11.6 Å². The van der Waals surface area contributed by atoms with Gasteiger partial charge in [0.1, 0.15) is 5.75 Å². The fourth-order valence-electron chi connectivity index (χ4n) is 1.54. The Morgan fingerprint density at radius 2 is 2.26 bits per heavy atom. The number of ether oxygens (including phenoxy) is 1. The molecule has 0 bridgehead atoms. The van der Waals surface area contributed by atoms with Gasteiger partial charge in [-0.1, -0.05) is 12.1 Å². The van der Waals surface area contributed by atoms with Crippen molar-refractivity contribution in [2.24, 2.45) is 0 Å². The van der Waals surface area contributed by atoms with E-state index in [1.165, 1.54) is 11.3 Å². The quantitative estimate of drug-likeness (QED) is 0.887. The van der Waals surface area contributed by atoms with Crippen LogP contribution in [0.2, 0.25) is 0 Å². The van der Waals surface area contributed by atoms with Crippen LogP contribution in [-0.2, 0) is 16.4 Å². The van der Waals surface area contributed by atoms with Crippen LogP contribution >= 0.6 is 11.3 Å². The molecule has 2 aromatic rings. The highest BCUT2D eigenvalue weighted by Crippen LogP contribution is 2.15. The lowest BCUT2D eigenvalue weighted by atomic mass is 10.2. The number of benzene rings is 1. The lowest BCUT2D eigenvalue weighted by Crippen LogP contribution is -2.18. The third-order valence-electron chi connectivity index (χ3n) is 2.47. The van der Waals surface area contributed by atoms with Crippen LogP contribution in [0.5, 0.6) is 5.75 Å². The maximum Gasteiger partial charge on any atom is 0.234 e. The summed E-state index contributed by atoms with van der Waals surface area (Å²) in [6, 6.07) is 7.38. The van der Waals surface area contributed by atoms with Crippen molar-refractivity contribution in [2.45, 2.75) is 6.42 Å². The fourth-order valence-corrected chi connectivity index (χ4v) is 3.41. The second-order valence-corrected chi connectivity index (χ2v) is 6.60. The molecule has 0 unspecified atom stereocenters. The molecule has 0 saturated carbocycles. The molecule has 1 aromatic carbocycles. The minimum Gasteiger partial charge on any atom is -0.497 e. The molecule has 19 heavy (non-hydrogen) atoms. The summed E-state index contributed by atoms with van der Waals surface area (Å²) >= 11 is 1.26. The summed E-state index contributed by atoms with van der Waals surface area (Å²) in [6.07, 6.45) is 1.99. The smallest absolute Gasteiger partial charge is 0.234 e. The number of nitrogens with one attached hydrogen (secondary N) is 1. The Bertz CT molecular complexity index is 624. The van der Waals surface area contributed by atoms with Gasteiger partial charge in [0.15, 0.2) is 5.13 Å². The summed E-state index contributed by atoms with van der Waals surface area (Å²) < 4.78 is 31.2. The van der Waals surface area contributed by atoms with E-state index in [1.54, 1.807) is 18.7 Å². The standard InChI is InChI=1S/C12H14N2O3S2/c1-17-11-4-2-3-10(9-11)5-8-19(15,16)14-12-13-6-7-18-12/h2-4,6-7,9H,5,8H2,1H3,(H,13,14). The van der Waals surface area contributed by atoms with Crippen molar-refractivity contribution in [1.29, 1.82) is 0 Å². The predicted molar refractivity (Wildman–Crippen MR) is 76.2 cm³/mol. The second kappa shape index (κ2) is 6.03. The first kappa shape index (κ1) is 13.8. The largest absolute Gasteiger partial charge is 0.497 e. The Labute approximate surface area is 116 Å². The maximum atomic E-state index is 11.9. The number of nitrogens with zero attached hydrogens (tertiary/aromatic N) is 1. The SMILES string of the molecule is COc1cccc(CCS(=O)(=O)Nc2nccs2)c1. The highest BCUT2D eigenvalue weighted by atomic mass is 32.2. The predicted octanol–water partition coefficient (Wildman–Crippen LogP) is 2.14. The lowest BCUT2D eigenvalue weighted by molar-refractivity contribution is 0.414. The Morgan fingerprint density at radius 1 is 1.42 bits per heavy atom. The van der Waals surface area contributed by atoms with Crippen LogP contribution in [0.15, 0.2) is 35.8 Å². The van der Waals surface area contributed by atoms with Crippen molar-refractivity contribution in [1.82, 2.24) is 4.98 Å². The number of aryl methyl sites for hydroxylation is 1. The zero-order valence-corrected chi connectivity index (χ0v) is 12.0. The molecule has 7 heteroatoms. The Hall–Kier alpha value is -1.60. The summed E-state index contributed by atoms with van der Waals surface area (Å²) in [6.45, 7) is 0. The average molecular weight is 298 g/mol. The van der Waals surface area contributed by atoms with Crippen LogP contribution in [-0.4, -0.2) is 26.3 Å². The van der Waals surface area contributed by atoms with Crippen LogP contribution in [0.25, 0.3) is 0 Å². The summed E-state index contributed by atoms with van der Waals surface area (Å²) in [5.41, 5.74) is 0.920. The normalized spacial score (nSPS) is 11.2. The summed E-state index contributed by atoms with van der Waals surface area (Å²) in [5, 5.41) is 2.12. The first-order chi connectivity index (χ1) is 9.09. The molecule has 1 heterocycles. The van der Waals surface area contributed by atoms with Crippen molar-refractivity contribution in [3.63, 3.8) is 0 Å². The molecule has 0 spiro atoms. The minimum atomic E-state index is -3.37. The molecule has 102 valence electrons. The van der Waals surface area contributed by atoms with Crippen LogP contribution in [0.4, 0.5) is 5.13 Å². The van der Waals surface area contributed by atoms with Gasteiger partial charge in [0.25, 0.3) is 0 Å². The van der Waals surface area contributed by atoms with Gasteiger partial charge in [0.2, 0.25) is 10.0 Å². The number of methoxy groups -OCH3 is 1. The van der Waals surface area contributed by atoms with E-state index in [0.717, 1.165) is 11.3 Å². The zero-order valence-electron chi connectivity index (χ0n) is 10.4. The molecule has 5 nitrogen and oxygen atoms in total. The van der Waals surface area contributed by atoms with E-state index >= 15 is 0 Å². The molecule has 0 aliphatic rings. The van der Waals surface area contributed by atoms with Crippen LogP contribution in [0.1, 0.15) is 5.56 Å². The number of hydrogen-bond acceptors (Lipinski definition) is 5. The van der Waals surface area contributed by atoms with Gasteiger partial charge in [0.05, 0.1) is 12.9 Å². The molecular formula is C12H14N2O3S2. The molecular weight excluding hydrogens is 284 g/mol. The lowest BCUT2D eigenvalue weighted by Gasteiger charge is -2.06. The van der Waals surface area contributed by atoms with E-state index in [9.17, 15) is 8.42 Å². The number of aromatic nitrogens is 1. The summed E-state index contributed by atoms with van der Waals surface area (Å²) in [4.78, 5) is 3.89. The van der Waals surface area contributed by atoms with Crippen LogP contribution < -0.4 is 9.46 Å². The van der Waals surface area contributed by atoms with Crippen molar-refractivity contribution in [2.75, 3.05) is 17.6 Å². The van der Waals surface area contributed by atoms with Crippen molar-refractivity contribution in [3.05, 3.63) is 41.4 Å². The van der Waals surface area contributed by atoms with E-state index in [2.05, 4.69) is 9.71 Å². The third kappa shape index (κ3) is 4.22. The van der Waals surface area contributed by atoms with Crippen molar-refractivity contribution < 1.29 is 13.2 Å². The van der Waals surface area contributed by atoms with Gasteiger partial charge < -0.3 is 4.74 Å². The van der Waals surface area contributed by atoms with Crippen LogP contribution in [0, 0.1) is 0 Å². The van der Waals surface area contributed by atoms with Gasteiger partial charge in [-0.2, -0.15) is 0 Å². The molecule has 2 rings (SSSR count). The van der Waals surface area contributed by atoms with Gasteiger partial charge in [-0.15, -0.1) is 11.3 Å². The van der Waals surface area contributed by atoms with E-state index in [4.69, 9.17) is 4.74 Å². The van der Waals surface area contributed by atoms with E-state index in [0.29, 0.717) is 11.6 Å². The number of hydrogen-bond donors (Lipinski definition) is 1. The molecule has 0 amide bonds. The first-order valence-corrected chi connectivity index (χ1v) is 8.15. The van der Waals surface area contributed by atoms with E-state index < -0.39 is 10.0 Å². The highest BCUT2D eigenvalue weighted by Gasteiger charge is 2.12. The Kier molecular flexibility index (Phi) is 4.39. The molecule has 0 aliphatic heterocycles. The molecule has 0 atom stereocenters. The topological polar surface area (TPSA) is 68.3 Å². The molecule has 0 aliphatic carbocycles. The molecule has 1 N–H and O–H groups in total. The van der Waals surface area contributed by atoms with E-state index in [1.807, 2.05) is 24.3 Å².